The summed E-state index contributed by atoms with van der Waals surface area (Å²) in [5, 5.41) is 3.50. The third-order valence-corrected chi connectivity index (χ3v) is 4.16. The summed E-state index contributed by atoms with van der Waals surface area (Å²) < 4.78 is 2.02. The third-order valence-electron chi connectivity index (χ3n) is 3.93. The molecule has 3 rings (SSSR count). The molecule has 0 saturated carbocycles. The molecule has 1 aromatic heterocycles. The Bertz CT molecular complexity index is 679. The summed E-state index contributed by atoms with van der Waals surface area (Å²) in [6.45, 7) is 3.82. The first kappa shape index (κ1) is 15.8. The van der Waals surface area contributed by atoms with E-state index in [9.17, 15) is 4.79 Å². The molecule has 1 fully saturated rings. The number of imidazole rings is 1. The number of rotatable bonds is 4. The van der Waals surface area contributed by atoms with Gasteiger partial charge in [-0.2, -0.15) is 0 Å². The fraction of sp³-hybridized carbons (Fsp3) is 0.375. The van der Waals surface area contributed by atoms with Crippen molar-refractivity contribution in [3.05, 3.63) is 41.7 Å². The number of nitrogens with one attached hydrogen (secondary N) is 1. The maximum absolute atomic E-state index is 12.1. The highest BCUT2D eigenvalue weighted by Gasteiger charge is 2.21. The average molecular weight is 334 g/mol. The molecule has 0 spiro atoms. The van der Waals surface area contributed by atoms with Crippen LogP contribution in [0.2, 0.25) is 5.02 Å². The van der Waals surface area contributed by atoms with Gasteiger partial charge in [0.2, 0.25) is 11.9 Å². The number of carbonyl (C=O) groups excluding carboxylic acids is 1. The summed E-state index contributed by atoms with van der Waals surface area (Å²) >= 11 is 5.92. The van der Waals surface area contributed by atoms with Crippen molar-refractivity contribution in [2.75, 3.05) is 42.9 Å². The molecule has 1 N–H and O–H groups in total. The molecule has 1 aliphatic rings. The van der Waals surface area contributed by atoms with Crippen LogP contribution in [0.25, 0.3) is 0 Å². The molecule has 1 aromatic carbocycles. The molecule has 6 nitrogen and oxygen atoms in total. The summed E-state index contributed by atoms with van der Waals surface area (Å²) in [5.74, 6) is 0.964. The number of anilines is 2. The monoisotopic (exact) mass is 333 g/mol. The zero-order chi connectivity index (χ0) is 16.2. The number of nitrogens with zero attached hydrogens (tertiary/aromatic N) is 4. The molecule has 7 heteroatoms. The molecular formula is C16H20ClN5O. The van der Waals surface area contributed by atoms with E-state index < -0.39 is 0 Å². The van der Waals surface area contributed by atoms with Gasteiger partial charge in [-0.25, -0.2) is 4.98 Å². The molecule has 0 radical (unpaired) electrons. The predicted octanol–water partition coefficient (Wildman–Crippen LogP) is 1.83. The maximum Gasteiger partial charge on any atom is 0.238 e. The highest BCUT2D eigenvalue weighted by atomic mass is 35.5. The van der Waals surface area contributed by atoms with Crippen molar-refractivity contribution in [1.29, 1.82) is 0 Å². The Morgan fingerprint density at radius 2 is 2.09 bits per heavy atom. The van der Waals surface area contributed by atoms with Gasteiger partial charge in [-0.15, -0.1) is 0 Å². The number of aryl methyl sites for hydroxylation is 1. The second kappa shape index (κ2) is 7.02. The third kappa shape index (κ3) is 4.03. The van der Waals surface area contributed by atoms with E-state index in [0.29, 0.717) is 11.6 Å². The number of carbonyl (C=O) groups is 1. The molecule has 2 heterocycles. The Labute approximate surface area is 140 Å². The van der Waals surface area contributed by atoms with Gasteiger partial charge < -0.3 is 14.8 Å². The van der Waals surface area contributed by atoms with Gasteiger partial charge >= 0.3 is 0 Å². The van der Waals surface area contributed by atoms with Gasteiger partial charge in [-0.05, 0) is 18.2 Å². The minimum Gasteiger partial charge on any atom is -0.340 e. The fourth-order valence-corrected chi connectivity index (χ4v) is 2.93. The van der Waals surface area contributed by atoms with E-state index in [1.54, 1.807) is 18.3 Å². The topological polar surface area (TPSA) is 53.4 Å². The largest absolute Gasteiger partial charge is 0.340 e. The van der Waals surface area contributed by atoms with E-state index in [1.165, 1.54) is 0 Å². The summed E-state index contributed by atoms with van der Waals surface area (Å²) in [6, 6.07) is 7.19. The van der Waals surface area contributed by atoms with E-state index in [2.05, 4.69) is 20.1 Å². The van der Waals surface area contributed by atoms with Crippen molar-refractivity contribution < 1.29 is 4.79 Å². The molecule has 1 amide bonds. The molecule has 0 unspecified atom stereocenters. The summed E-state index contributed by atoms with van der Waals surface area (Å²) in [6.07, 6.45) is 3.75. The van der Waals surface area contributed by atoms with Gasteiger partial charge in [-0.3, -0.25) is 9.69 Å². The summed E-state index contributed by atoms with van der Waals surface area (Å²) in [5.41, 5.74) is 0.731. The quantitative estimate of drug-likeness (QED) is 0.927. The van der Waals surface area contributed by atoms with Gasteiger partial charge in [0.05, 0.1) is 6.54 Å². The Kier molecular flexibility index (Phi) is 4.83. The second-order valence-electron chi connectivity index (χ2n) is 5.66. The van der Waals surface area contributed by atoms with Crippen LogP contribution in [-0.4, -0.2) is 53.1 Å². The Morgan fingerprint density at radius 3 is 2.74 bits per heavy atom. The van der Waals surface area contributed by atoms with Crippen molar-refractivity contribution in [2.45, 2.75) is 0 Å². The number of piperazine rings is 1. The van der Waals surface area contributed by atoms with Crippen LogP contribution in [-0.2, 0) is 11.8 Å². The Morgan fingerprint density at radius 1 is 1.30 bits per heavy atom. The smallest absolute Gasteiger partial charge is 0.238 e. The van der Waals surface area contributed by atoms with E-state index in [1.807, 2.05) is 29.9 Å². The lowest BCUT2D eigenvalue weighted by molar-refractivity contribution is -0.117. The van der Waals surface area contributed by atoms with Crippen molar-refractivity contribution >= 4 is 29.1 Å². The summed E-state index contributed by atoms with van der Waals surface area (Å²) in [7, 11) is 1.99. The molecule has 1 saturated heterocycles. The maximum atomic E-state index is 12.1. The first-order valence-electron chi connectivity index (χ1n) is 7.62. The van der Waals surface area contributed by atoms with Crippen LogP contribution in [0, 0.1) is 0 Å². The molecule has 0 atom stereocenters. The average Bonchev–Trinajstić information content (AvgIpc) is 2.94. The minimum atomic E-state index is -0.0160. The van der Waals surface area contributed by atoms with Gasteiger partial charge in [0.1, 0.15) is 0 Å². The van der Waals surface area contributed by atoms with Crippen molar-refractivity contribution in [3.8, 4) is 0 Å². The second-order valence-corrected chi connectivity index (χ2v) is 6.10. The minimum absolute atomic E-state index is 0.0160. The highest BCUT2D eigenvalue weighted by molar-refractivity contribution is 6.30. The summed E-state index contributed by atoms with van der Waals surface area (Å²) in [4.78, 5) is 20.9. The Hall–Kier alpha value is -2.05. The normalized spacial score (nSPS) is 15.7. The van der Waals surface area contributed by atoms with Crippen LogP contribution < -0.4 is 10.2 Å². The zero-order valence-corrected chi connectivity index (χ0v) is 13.8. The standard InChI is InChI=1S/C16H20ClN5O/c1-20-6-5-18-16(20)22-9-7-21(8-10-22)12-15(23)19-14-4-2-3-13(17)11-14/h2-6,11H,7-10,12H2,1H3,(H,19,23). The lowest BCUT2D eigenvalue weighted by atomic mass is 10.3. The van der Waals surface area contributed by atoms with Gasteiger partial charge in [0.15, 0.2) is 0 Å². The van der Waals surface area contributed by atoms with Crippen LogP contribution in [0.3, 0.4) is 0 Å². The van der Waals surface area contributed by atoms with E-state index in [4.69, 9.17) is 11.6 Å². The lowest BCUT2D eigenvalue weighted by Gasteiger charge is -2.34. The zero-order valence-electron chi connectivity index (χ0n) is 13.1. The molecular weight excluding hydrogens is 314 g/mol. The lowest BCUT2D eigenvalue weighted by Crippen LogP contribution is -2.49. The van der Waals surface area contributed by atoms with E-state index in [0.717, 1.165) is 37.8 Å². The number of benzene rings is 1. The highest BCUT2D eigenvalue weighted by Crippen LogP contribution is 2.15. The van der Waals surface area contributed by atoms with Crippen LogP contribution >= 0.6 is 11.6 Å². The van der Waals surface area contributed by atoms with Crippen molar-refractivity contribution in [1.82, 2.24) is 14.5 Å². The first-order valence-corrected chi connectivity index (χ1v) is 7.99. The number of hydrogen-bond acceptors (Lipinski definition) is 4. The van der Waals surface area contributed by atoms with Crippen LogP contribution in [0.15, 0.2) is 36.7 Å². The van der Waals surface area contributed by atoms with Gasteiger partial charge in [-0.1, -0.05) is 17.7 Å². The molecule has 0 bridgehead atoms. The molecule has 23 heavy (non-hydrogen) atoms. The fourth-order valence-electron chi connectivity index (χ4n) is 2.74. The molecule has 2 aromatic rings. The van der Waals surface area contributed by atoms with Crippen molar-refractivity contribution in [3.63, 3.8) is 0 Å². The van der Waals surface area contributed by atoms with Crippen LogP contribution in [0.5, 0.6) is 0 Å². The van der Waals surface area contributed by atoms with Crippen LogP contribution in [0.4, 0.5) is 11.6 Å². The predicted molar refractivity (Wildman–Crippen MR) is 91.9 cm³/mol. The molecule has 122 valence electrons. The molecule has 1 aliphatic heterocycles. The SMILES string of the molecule is Cn1ccnc1N1CCN(CC(=O)Nc2cccc(Cl)c2)CC1. The number of amides is 1. The Balaban J connectivity index is 1.49. The van der Waals surface area contributed by atoms with Gasteiger partial charge in [0.25, 0.3) is 0 Å². The number of hydrogen-bond donors (Lipinski definition) is 1. The first-order chi connectivity index (χ1) is 11.1. The number of halogens is 1. The van der Waals surface area contributed by atoms with Crippen LogP contribution in [0.1, 0.15) is 0 Å². The van der Waals surface area contributed by atoms with Crippen molar-refractivity contribution in [2.24, 2.45) is 7.05 Å². The number of aromatic nitrogens is 2. The van der Waals surface area contributed by atoms with E-state index >= 15 is 0 Å². The van der Waals surface area contributed by atoms with Gasteiger partial charge in [0, 0.05) is 56.3 Å². The molecule has 0 aliphatic carbocycles. The van der Waals surface area contributed by atoms with E-state index in [-0.39, 0.29) is 5.91 Å².